The van der Waals surface area contributed by atoms with E-state index in [4.69, 9.17) is 4.74 Å². The van der Waals surface area contributed by atoms with Crippen molar-refractivity contribution in [1.29, 1.82) is 0 Å². The zero-order valence-corrected chi connectivity index (χ0v) is 11.8. The summed E-state index contributed by atoms with van der Waals surface area (Å²) in [5.41, 5.74) is 2.88. The van der Waals surface area contributed by atoms with Crippen LogP contribution < -0.4 is 10.1 Å². The van der Waals surface area contributed by atoms with Gasteiger partial charge >= 0.3 is 0 Å². The predicted octanol–water partition coefficient (Wildman–Crippen LogP) is 2.05. The Morgan fingerprint density at radius 3 is 3.16 bits per heavy atom. The minimum absolute atomic E-state index is 0.706. The van der Waals surface area contributed by atoms with E-state index in [1.54, 1.807) is 0 Å². The zero-order valence-electron chi connectivity index (χ0n) is 11.8. The van der Waals surface area contributed by atoms with Gasteiger partial charge in [-0.25, -0.2) is 0 Å². The quantitative estimate of drug-likeness (QED) is 0.897. The van der Waals surface area contributed by atoms with Crippen LogP contribution in [0, 0.1) is 5.92 Å². The van der Waals surface area contributed by atoms with Gasteiger partial charge in [-0.3, -0.25) is 0 Å². The van der Waals surface area contributed by atoms with Crippen LogP contribution in [0.3, 0.4) is 0 Å². The molecule has 2 aliphatic rings. The van der Waals surface area contributed by atoms with Crippen LogP contribution >= 0.6 is 0 Å². The van der Waals surface area contributed by atoms with Gasteiger partial charge in [0.2, 0.25) is 0 Å². The number of likely N-dealkylation sites (tertiary alicyclic amines) is 1. The van der Waals surface area contributed by atoms with Crippen molar-refractivity contribution < 1.29 is 4.74 Å². The van der Waals surface area contributed by atoms with Crippen molar-refractivity contribution in [1.82, 2.24) is 10.2 Å². The highest BCUT2D eigenvalue weighted by Crippen LogP contribution is 2.22. The number of nitrogens with zero attached hydrogens (tertiary/aromatic N) is 1. The average Bonchev–Trinajstić information content (AvgIpc) is 2.93. The van der Waals surface area contributed by atoms with Crippen LogP contribution in [-0.2, 0) is 13.0 Å². The predicted molar refractivity (Wildman–Crippen MR) is 77.6 cm³/mol. The molecule has 2 heterocycles. The highest BCUT2D eigenvalue weighted by Gasteiger charge is 2.21. The first-order valence-corrected chi connectivity index (χ1v) is 7.53. The zero-order chi connectivity index (χ0) is 13.1. The van der Waals surface area contributed by atoms with Gasteiger partial charge < -0.3 is 15.0 Å². The van der Waals surface area contributed by atoms with Crippen LogP contribution in [0.25, 0.3) is 0 Å². The molecule has 0 spiro atoms. The molecule has 0 amide bonds. The summed E-state index contributed by atoms with van der Waals surface area (Å²) in [6.07, 6.45) is 2.41. The van der Waals surface area contributed by atoms with E-state index in [9.17, 15) is 0 Å². The summed E-state index contributed by atoms with van der Waals surface area (Å²) in [6.45, 7) is 8.80. The summed E-state index contributed by atoms with van der Waals surface area (Å²) in [5.74, 6) is 1.76. The van der Waals surface area contributed by atoms with E-state index in [1.165, 1.54) is 37.2 Å². The second kappa shape index (κ2) is 5.93. The van der Waals surface area contributed by atoms with Gasteiger partial charge in [0.05, 0.1) is 6.61 Å². The van der Waals surface area contributed by atoms with E-state index in [0.717, 1.165) is 31.9 Å². The standard InChI is InChI=1S/C16H24N2O/c1-2-18-8-6-13(11-18)12-19-16-4-3-15-10-17-7-5-14(15)9-16/h3-4,9,13,17H,2,5-8,10-12H2,1H3. The number of rotatable bonds is 4. The van der Waals surface area contributed by atoms with Crippen molar-refractivity contribution in [2.45, 2.75) is 26.3 Å². The van der Waals surface area contributed by atoms with Gasteiger partial charge in [0.1, 0.15) is 5.75 Å². The number of hydrogen-bond acceptors (Lipinski definition) is 3. The van der Waals surface area contributed by atoms with E-state index in [0.29, 0.717) is 5.92 Å². The van der Waals surface area contributed by atoms with Gasteiger partial charge in [-0.05, 0) is 55.7 Å². The fraction of sp³-hybridized carbons (Fsp3) is 0.625. The first-order chi connectivity index (χ1) is 9.35. The molecule has 1 aromatic rings. The SMILES string of the molecule is CCN1CCC(COc2ccc3c(c2)CCNC3)C1. The molecule has 19 heavy (non-hydrogen) atoms. The molecule has 0 radical (unpaired) electrons. The van der Waals surface area contributed by atoms with E-state index in [1.807, 2.05) is 0 Å². The van der Waals surface area contributed by atoms with E-state index in [-0.39, 0.29) is 0 Å². The lowest BCUT2D eigenvalue weighted by Crippen LogP contribution is -2.23. The monoisotopic (exact) mass is 260 g/mol. The third-order valence-electron chi connectivity index (χ3n) is 4.37. The van der Waals surface area contributed by atoms with Crippen molar-refractivity contribution in [2.24, 2.45) is 5.92 Å². The lowest BCUT2D eigenvalue weighted by molar-refractivity contribution is 0.243. The normalized spacial score (nSPS) is 23.3. The van der Waals surface area contributed by atoms with Crippen molar-refractivity contribution in [3.8, 4) is 5.75 Å². The number of fused-ring (bicyclic) bond motifs is 1. The molecule has 1 aromatic carbocycles. The van der Waals surface area contributed by atoms with Gasteiger partial charge in [0.15, 0.2) is 0 Å². The Balaban J connectivity index is 1.55. The molecular weight excluding hydrogens is 236 g/mol. The third-order valence-corrected chi connectivity index (χ3v) is 4.37. The molecule has 0 aliphatic carbocycles. The maximum Gasteiger partial charge on any atom is 0.119 e. The van der Waals surface area contributed by atoms with Gasteiger partial charge in [-0.15, -0.1) is 0 Å². The number of nitrogens with one attached hydrogen (secondary N) is 1. The largest absolute Gasteiger partial charge is 0.493 e. The second-order valence-electron chi connectivity index (χ2n) is 5.72. The molecule has 0 aromatic heterocycles. The van der Waals surface area contributed by atoms with Crippen LogP contribution in [0.15, 0.2) is 18.2 Å². The fourth-order valence-electron chi connectivity index (χ4n) is 3.09. The Morgan fingerprint density at radius 2 is 2.32 bits per heavy atom. The van der Waals surface area contributed by atoms with Gasteiger partial charge in [-0.2, -0.15) is 0 Å². The minimum atomic E-state index is 0.706. The van der Waals surface area contributed by atoms with Gasteiger partial charge in [0, 0.05) is 19.0 Å². The third kappa shape index (κ3) is 3.10. The van der Waals surface area contributed by atoms with E-state index >= 15 is 0 Å². The lowest BCUT2D eigenvalue weighted by atomic mass is 10.0. The summed E-state index contributed by atoms with van der Waals surface area (Å²) in [4.78, 5) is 2.51. The highest BCUT2D eigenvalue weighted by molar-refractivity contribution is 5.37. The number of ether oxygens (including phenoxy) is 1. The summed E-state index contributed by atoms with van der Waals surface area (Å²) >= 11 is 0. The van der Waals surface area contributed by atoms with Crippen LogP contribution in [-0.4, -0.2) is 37.7 Å². The Bertz CT molecular complexity index is 433. The molecule has 104 valence electrons. The molecular formula is C16H24N2O. The molecule has 3 rings (SSSR count). The molecule has 2 aliphatic heterocycles. The number of benzene rings is 1. The molecule has 3 nitrogen and oxygen atoms in total. The van der Waals surface area contributed by atoms with Gasteiger partial charge in [0.25, 0.3) is 0 Å². The second-order valence-corrected chi connectivity index (χ2v) is 5.72. The molecule has 1 unspecified atom stereocenters. The molecule has 0 saturated carbocycles. The summed E-state index contributed by atoms with van der Waals surface area (Å²) in [6, 6.07) is 6.57. The first-order valence-electron chi connectivity index (χ1n) is 7.53. The summed E-state index contributed by atoms with van der Waals surface area (Å²) < 4.78 is 6.00. The Labute approximate surface area is 115 Å². The van der Waals surface area contributed by atoms with Crippen LogP contribution in [0.2, 0.25) is 0 Å². The van der Waals surface area contributed by atoms with Crippen molar-refractivity contribution in [3.05, 3.63) is 29.3 Å². The van der Waals surface area contributed by atoms with Gasteiger partial charge in [-0.1, -0.05) is 13.0 Å². The van der Waals surface area contributed by atoms with Crippen molar-refractivity contribution in [2.75, 3.05) is 32.8 Å². The maximum atomic E-state index is 6.00. The van der Waals surface area contributed by atoms with E-state index in [2.05, 4.69) is 35.3 Å². The van der Waals surface area contributed by atoms with Crippen LogP contribution in [0.5, 0.6) is 5.75 Å². The van der Waals surface area contributed by atoms with Crippen molar-refractivity contribution >= 4 is 0 Å². The molecule has 0 bridgehead atoms. The number of hydrogen-bond donors (Lipinski definition) is 1. The summed E-state index contributed by atoms with van der Waals surface area (Å²) in [7, 11) is 0. The Kier molecular flexibility index (Phi) is 4.04. The molecule has 1 atom stereocenters. The molecule has 1 saturated heterocycles. The highest BCUT2D eigenvalue weighted by atomic mass is 16.5. The smallest absolute Gasteiger partial charge is 0.119 e. The minimum Gasteiger partial charge on any atom is -0.493 e. The molecule has 1 fully saturated rings. The average molecular weight is 260 g/mol. The molecule has 1 N–H and O–H groups in total. The Morgan fingerprint density at radius 1 is 1.37 bits per heavy atom. The van der Waals surface area contributed by atoms with Crippen LogP contribution in [0.1, 0.15) is 24.5 Å². The fourth-order valence-corrected chi connectivity index (χ4v) is 3.09. The first kappa shape index (κ1) is 12.9. The summed E-state index contributed by atoms with van der Waals surface area (Å²) in [5, 5.41) is 3.40. The lowest BCUT2D eigenvalue weighted by Gasteiger charge is -2.19. The van der Waals surface area contributed by atoms with E-state index < -0.39 is 0 Å². The molecule has 3 heteroatoms. The topological polar surface area (TPSA) is 24.5 Å². The Hall–Kier alpha value is -1.06. The van der Waals surface area contributed by atoms with Crippen LogP contribution in [0.4, 0.5) is 0 Å². The van der Waals surface area contributed by atoms with Crippen molar-refractivity contribution in [3.63, 3.8) is 0 Å². The maximum absolute atomic E-state index is 6.00.